The molecule has 0 aliphatic heterocycles. The van der Waals surface area contributed by atoms with E-state index in [0.29, 0.717) is 12.6 Å². The lowest BCUT2D eigenvalue weighted by Gasteiger charge is -2.21. The van der Waals surface area contributed by atoms with E-state index in [0.717, 1.165) is 50.5 Å². The molecule has 1 aromatic carbocycles. The Hall–Kier alpha value is -0.890. The Kier molecular flexibility index (Phi) is 14.7. The van der Waals surface area contributed by atoms with Crippen LogP contribution in [-0.2, 0) is 6.42 Å². The number of nitrogens with zero attached hydrogens (tertiary/aromatic N) is 2. The van der Waals surface area contributed by atoms with Gasteiger partial charge in [-0.3, -0.25) is 4.99 Å². The summed E-state index contributed by atoms with van der Waals surface area (Å²) in [6, 6.07) is 7.03. The van der Waals surface area contributed by atoms with Crippen molar-refractivity contribution in [2.45, 2.75) is 53.0 Å². The van der Waals surface area contributed by atoms with E-state index in [9.17, 15) is 4.39 Å². The van der Waals surface area contributed by atoms with E-state index in [1.807, 2.05) is 12.1 Å². The Balaban J connectivity index is 0.00000625. The molecule has 1 rings (SSSR count). The van der Waals surface area contributed by atoms with Crippen LogP contribution in [0.5, 0.6) is 0 Å². The molecule has 0 spiro atoms. The van der Waals surface area contributed by atoms with Gasteiger partial charge in [-0.1, -0.05) is 26.0 Å². The highest BCUT2D eigenvalue weighted by molar-refractivity contribution is 14.0. The number of aliphatic imine (C=N–C) groups is 1. The van der Waals surface area contributed by atoms with Gasteiger partial charge in [0.05, 0.1) is 0 Å². The molecule has 4 nitrogen and oxygen atoms in total. The highest BCUT2D eigenvalue weighted by atomic mass is 127. The standard InChI is InChI=1S/C20H35FN4.HI/c1-5-22-20(23-15-14-18-10-12-19(21)13-11-18)24-17(4)9-8-16-25(6-2)7-3;/h10-13,17H,5-9,14-16H2,1-4H3,(H2,22,23,24);1H. The first kappa shape index (κ1) is 25.1. The van der Waals surface area contributed by atoms with Crippen molar-refractivity contribution in [1.82, 2.24) is 15.5 Å². The van der Waals surface area contributed by atoms with Gasteiger partial charge >= 0.3 is 0 Å². The molecule has 150 valence electrons. The van der Waals surface area contributed by atoms with Crippen molar-refractivity contribution < 1.29 is 4.39 Å². The number of benzene rings is 1. The third-order valence-electron chi connectivity index (χ3n) is 4.32. The highest BCUT2D eigenvalue weighted by Crippen LogP contribution is 2.04. The summed E-state index contributed by atoms with van der Waals surface area (Å²) in [6.45, 7) is 13.6. The zero-order valence-corrected chi connectivity index (χ0v) is 19.1. The second-order valence-electron chi connectivity index (χ2n) is 6.35. The smallest absolute Gasteiger partial charge is 0.191 e. The molecule has 0 saturated carbocycles. The maximum Gasteiger partial charge on any atom is 0.191 e. The van der Waals surface area contributed by atoms with Crippen LogP contribution in [0, 0.1) is 5.82 Å². The SMILES string of the molecule is CCNC(=NCCc1ccc(F)cc1)NC(C)CCCN(CC)CC.I. The maximum absolute atomic E-state index is 12.9. The Bertz CT molecular complexity index is 489. The number of hydrogen-bond donors (Lipinski definition) is 2. The Morgan fingerprint density at radius 3 is 2.38 bits per heavy atom. The van der Waals surface area contributed by atoms with E-state index in [1.165, 1.54) is 18.6 Å². The van der Waals surface area contributed by atoms with Crippen LogP contribution in [0.1, 0.15) is 46.1 Å². The fraction of sp³-hybridized carbons (Fsp3) is 0.650. The van der Waals surface area contributed by atoms with Crippen molar-refractivity contribution in [1.29, 1.82) is 0 Å². The molecular weight excluding hydrogens is 442 g/mol. The number of guanidine groups is 1. The number of hydrogen-bond acceptors (Lipinski definition) is 2. The summed E-state index contributed by atoms with van der Waals surface area (Å²) in [5.41, 5.74) is 1.10. The predicted octanol–water partition coefficient (Wildman–Crippen LogP) is 4.05. The normalized spacial score (nSPS) is 12.6. The van der Waals surface area contributed by atoms with E-state index in [2.05, 4.69) is 48.2 Å². The molecule has 0 aromatic heterocycles. The third-order valence-corrected chi connectivity index (χ3v) is 4.32. The van der Waals surface area contributed by atoms with Crippen LogP contribution in [-0.4, -0.2) is 49.6 Å². The van der Waals surface area contributed by atoms with E-state index in [1.54, 1.807) is 0 Å². The van der Waals surface area contributed by atoms with E-state index >= 15 is 0 Å². The number of nitrogens with one attached hydrogen (secondary N) is 2. The molecule has 0 aliphatic carbocycles. The molecule has 0 radical (unpaired) electrons. The molecule has 6 heteroatoms. The predicted molar refractivity (Wildman–Crippen MR) is 121 cm³/mol. The molecule has 1 unspecified atom stereocenters. The second-order valence-corrected chi connectivity index (χ2v) is 6.35. The lowest BCUT2D eigenvalue weighted by Crippen LogP contribution is -2.42. The summed E-state index contributed by atoms with van der Waals surface area (Å²) in [5, 5.41) is 6.78. The highest BCUT2D eigenvalue weighted by Gasteiger charge is 2.06. The van der Waals surface area contributed by atoms with Crippen LogP contribution >= 0.6 is 24.0 Å². The molecule has 0 aliphatic rings. The van der Waals surface area contributed by atoms with Gasteiger partial charge < -0.3 is 15.5 Å². The Morgan fingerprint density at radius 1 is 1.15 bits per heavy atom. The molecule has 0 bridgehead atoms. The summed E-state index contributed by atoms with van der Waals surface area (Å²) < 4.78 is 12.9. The number of halogens is 2. The molecule has 2 N–H and O–H groups in total. The van der Waals surface area contributed by atoms with Crippen LogP contribution in [0.3, 0.4) is 0 Å². The fourth-order valence-corrected chi connectivity index (χ4v) is 2.73. The minimum atomic E-state index is -0.194. The van der Waals surface area contributed by atoms with Crippen molar-refractivity contribution in [2.24, 2.45) is 4.99 Å². The lowest BCUT2D eigenvalue weighted by atomic mass is 10.1. The van der Waals surface area contributed by atoms with Crippen molar-refractivity contribution in [3.8, 4) is 0 Å². The first-order chi connectivity index (χ1) is 12.1. The van der Waals surface area contributed by atoms with Crippen molar-refractivity contribution in [3.63, 3.8) is 0 Å². The fourth-order valence-electron chi connectivity index (χ4n) is 2.73. The summed E-state index contributed by atoms with van der Waals surface area (Å²) in [5.74, 6) is 0.667. The van der Waals surface area contributed by atoms with Crippen LogP contribution in [0.2, 0.25) is 0 Å². The summed E-state index contributed by atoms with van der Waals surface area (Å²) >= 11 is 0. The van der Waals surface area contributed by atoms with Crippen LogP contribution in [0.25, 0.3) is 0 Å². The Morgan fingerprint density at radius 2 is 1.81 bits per heavy atom. The van der Waals surface area contributed by atoms with Gasteiger partial charge in [0, 0.05) is 19.1 Å². The van der Waals surface area contributed by atoms with Crippen molar-refractivity contribution in [3.05, 3.63) is 35.6 Å². The average Bonchev–Trinajstić information content (AvgIpc) is 2.60. The average molecular weight is 478 g/mol. The molecule has 0 amide bonds. The van der Waals surface area contributed by atoms with Gasteiger partial charge in [0.15, 0.2) is 5.96 Å². The van der Waals surface area contributed by atoms with Gasteiger partial charge in [0.25, 0.3) is 0 Å². The van der Waals surface area contributed by atoms with Crippen LogP contribution in [0.15, 0.2) is 29.3 Å². The lowest BCUT2D eigenvalue weighted by molar-refractivity contribution is 0.292. The summed E-state index contributed by atoms with van der Waals surface area (Å²) in [7, 11) is 0. The molecule has 0 saturated heterocycles. The zero-order valence-electron chi connectivity index (χ0n) is 16.7. The van der Waals surface area contributed by atoms with Gasteiger partial charge in [0.1, 0.15) is 5.82 Å². The van der Waals surface area contributed by atoms with Gasteiger partial charge in [-0.05, 0) is 70.4 Å². The quantitative estimate of drug-likeness (QED) is 0.287. The van der Waals surface area contributed by atoms with Gasteiger partial charge in [-0.25, -0.2) is 4.39 Å². The number of rotatable bonds is 11. The molecule has 0 heterocycles. The van der Waals surface area contributed by atoms with Gasteiger partial charge in [0.2, 0.25) is 0 Å². The summed E-state index contributed by atoms with van der Waals surface area (Å²) in [4.78, 5) is 7.09. The molecule has 1 atom stereocenters. The second kappa shape index (κ2) is 15.2. The van der Waals surface area contributed by atoms with E-state index in [4.69, 9.17) is 0 Å². The zero-order chi connectivity index (χ0) is 18.5. The topological polar surface area (TPSA) is 39.7 Å². The minimum Gasteiger partial charge on any atom is -0.357 e. The van der Waals surface area contributed by atoms with Crippen molar-refractivity contribution >= 4 is 29.9 Å². The third kappa shape index (κ3) is 11.0. The summed E-state index contributed by atoms with van der Waals surface area (Å²) in [6.07, 6.45) is 3.12. The first-order valence-corrected chi connectivity index (χ1v) is 9.60. The maximum atomic E-state index is 12.9. The van der Waals surface area contributed by atoms with E-state index in [-0.39, 0.29) is 29.8 Å². The van der Waals surface area contributed by atoms with E-state index < -0.39 is 0 Å². The monoisotopic (exact) mass is 478 g/mol. The molecule has 26 heavy (non-hydrogen) atoms. The molecule has 1 aromatic rings. The molecule has 0 fully saturated rings. The first-order valence-electron chi connectivity index (χ1n) is 9.60. The van der Waals surface area contributed by atoms with Gasteiger partial charge in [-0.2, -0.15) is 0 Å². The largest absolute Gasteiger partial charge is 0.357 e. The minimum absolute atomic E-state index is 0. The Labute approximate surface area is 176 Å². The van der Waals surface area contributed by atoms with Crippen LogP contribution < -0.4 is 10.6 Å². The molecular formula is C20H36FIN4. The van der Waals surface area contributed by atoms with Crippen LogP contribution in [0.4, 0.5) is 4.39 Å². The van der Waals surface area contributed by atoms with Gasteiger partial charge in [-0.15, -0.1) is 24.0 Å². The van der Waals surface area contributed by atoms with Crippen molar-refractivity contribution in [2.75, 3.05) is 32.7 Å².